The van der Waals surface area contributed by atoms with Crippen LogP contribution in [-0.4, -0.2) is 10.2 Å². The Morgan fingerprint density at radius 1 is 1.38 bits per heavy atom. The fourth-order valence-corrected chi connectivity index (χ4v) is 1.34. The summed E-state index contributed by atoms with van der Waals surface area (Å²) in [5, 5.41) is 8.27. The van der Waals surface area contributed by atoms with Gasteiger partial charge < -0.3 is 5.73 Å². The van der Waals surface area contributed by atoms with Crippen molar-refractivity contribution in [1.82, 2.24) is 10.2 Å². The predicted octanol–water partition coefficient (Wildman–Crippen LogP) is 1.66. The molecule has 2 aromatic rings. The van der Waals surface area contributed by atoms with Crippen molar-refractivity contribution in [3.05, 3.63) is 29.7 Å². The van der Waals surface area contributed by atoms with Crippen LogP contribution >= 0.6 is 0 Å². The minimum atomic E-state index is -0.345. The van der Waals surface area contributed by atoms with Crippen LogP contribution in [0, 0.1) is 12.7 Å². The lowest BCUT2D eigenvalue weighted by molar-refractivity contribution is 0.638. The number of nitrogens with zero attached hydrogens (tertiary/aromatic N) is 2. The molecular weight excluding hydrogens is 169 g/mol. The van der Waals surface area contributed by atoms with Crippen LogP contribution in [0.25, 0.3) is 10.8 Å². The highest BCUT2D eigenvalue weighted by Gasteiger charge is 2.06. The molecule has 0 spiro atoms. The van der Waals surface area contributed by atoms with Gasteiger partial charge in [0.05, 0.1) is 11.6 Å². The van der Waals surface area contributed by atoms with Crippen molar-refractivity contribution in [3.8, 4) is 0 Å². The first-order valence-electron chi connectivity index (χ1n) is 3.85. The highest BCUT2D eigenvalue weighted by molar-refractivity contribution is 5.90. The second-order valence-corrected chi connectivity index (χ2v) is 2.94. The molecule has 0 fully saturated rings. The van der Waals surface area contributed by atoms with Crippen molar-refractivity contribution in [1.29, 1.82) is 0 Å². The van der Waals surface area contributed by atoms with E-state index >= 15 is 0 Å². The highest BCUT2D eigenvalue weighted by atomic mass is 19.1. The smallest absolute Gasteiger partial charge is 0.156 e. The Balaban J connectivity index is 2.94. The van der Waals surface area contributed by atoms with Gasteiger partial charge in [-0.3, -0.25) is 0 Å². The maximum absolute atomic E-state index is 13.4. The molecular formula is C9H8FN3. The zero-order chi connectivity index (χ0) is 9.42. The van der Waals surface area contributed by atoms with Gasteiger partial charge in [-0.25, -0.2) is 4.39 Å². The van der Waals surface area contributed by atoms with Crippen LogP contribution < -0.4 is 5.73 Å². The molecule has 0 saturated carbocycles. The Hall–Kier alpha value is -1.71. The number of aromatic nitrogens is 2. The number of fused-ring (bicyclic) bond motifs is 1. The predicted molar refractivity (Wildman–Crippen MR) is 48.6 cm³/mol. The van der Waals surface area contributed by atoms with Gasteiger partial charge in [-0.1, -0.05) is 0 Å². The van der Waals surface area contributed by atoms with Gasteiger partial charge >= 0.3 is 0 Å². The third kappa shape index (κ3) is 1.20. The summed E-state index contributed by atoms with van der Waals surface area (Å²) >= 11 is 0. The van der Waals surface area contributed by atoms with Crippen LogP contribution in [0.2, 0.25) is 0 Å². The quantitative estimate of drug-likeness (QED) is 0.665. The van der Waals surface area contributed by atoms with Crippen molar-refractivity contribution < 1.29 is 4.39 Å². The maximum atomic E-state index is 13.4. The molecule has 0 atom stereocenters. The Bertz CT molecular complexity index is 468. The van der Waals surface area contributed by atoms with E-state index in [1.165, 1.54) is 12.3 Å². The average molecular weight is 177 g/mol. The molecule has 1 aromatic heterocycles. The van der Waals surface area contributed by atoms with Gasteiger partial charge in [0, 0.05) is 5.39 Å². The lowest BCUT2D eigenvalue weighted by atomic mass is 10.1. The lowest BCUT2D eigenvalue weighted by Gasteiger charge is -2.02. The largest absolute Gasteiger partial charge is 0.382 e. The minimum absolute atomic E-state index is 0.134. The molecule has 0 radical (unpaired) electrons. The fraction of sp³-hybridized carbons (Fsp3) is 0.111. The van der Waals surface area contributed by atoms with E-state index in [1.54, 1.807) is 0 Å². The van der Waals surface area contributed by atoms with Crippen LogP contribution in [0.15, 0.2) is 18.3 Å². The van der Waals surface area contributed by atoms with E-state index in [2.05, 4.69) is 10.2 Å². The molecule has 2 N–H and O–H groups in total. The number of hydrogen-bond donors (Lipinski definition) is 1. The third-order valence-electron chi connectivity index (χ3n) is 1.88. The first-order valence-corrected chi connectivity index (χ1v) is 3.85. The number of anilines is 1. The van der Waals surface area contributed by atoms with Gasteiger partial charge in [0.1, 0.15) is 5.82 Å². The topological polar surface area (TPSA) is 51.8 Å². The number of hydrogen-bond acceptors (Lipinski definition) is 3. The summed E-state index contributed by atoms with van der Waals surface area (Å²) < 4.78 is 13.4. The van der Waals surface area contributed by atoms with E-state index in [-0.39, 0.29) is 11.6 Å². The molecule has 0 saturated heterocycles. The zero-order valence-electron chi connectivity index (χ0n) is 7.08. The number of aryl methyl sites for hydroxylation is 1. The van der Waals surface area contributed by atoms with Crippen LogP contribution in [0.3, 0.4) is 0 Å². The van der Waals surface area contributed by atoms with Crippen molar-refractivity contribution in [2.24, 2.45) is 0 Å². The first kappa shape index (κ1) is 7.91. The SMILES string of the molecule is Cc1cc(F)c2c(N)nncc2c1. The Kier molecular flexibility index (Phi) is 1.62. The molecule has 1 aromatic carbocycles. The molecule has 0 unspecified atom stereocenters. The summed E-state index contributed by atoms with van der Waals surface area (Å²) in [7, 11) is 0. The first-order chi connectivity index (χ1) is 6.18. The maximum Gasteiger partial charge on any atom is 0.156 e. The lowest BCUT2D eigenvalue weighted by Crippen LogP contribution is -1.96. The standard InChI is InChI=1S/C9H8FN3/c1-5-2-6-4-12-13-9(11)8(6)7(10)3-5/h2-4H,1H3,(H2,11,13). The van der Waals surface area contributed by atoms with Gasteiger partial charge in [-0.15, -0.1) is 5.10 Å². The summed E-state index contributed by atoms with van der Waals surface area (Å²) in [5.74, 6) is -0.211. The van der Waals surface area contributed by atoms with Crippen LogP contribution in [-0.2, 0) is 0 Å². The molecule has 0 aliphatic heterocycles. The van der Waals surface area contributed by atoms with Gasteiger partial charge in [-0.05, 0) is 24.6 Å². The third-order valence-corrected chi connectivity index (χ3v) is 1.88. The van der Waals surface area contributed by atoms with Crippen molar-refractivity contribution in [2.75, 3.05) is 5.73 Å². The molecule has 3 nitrogen and oxygen atoms in total. The van der Waals surface area contributed by atoms with E-state index in [4.69, 9.17) is 5.73 Å². The molecule has 0 amide bonds. The summed E-state index contributed by atoms with van der Waals surface area (Å²) in [5.41, 5.74) is 6.34. The summed E-state index contributed by atoms with van der Waals surface area (Å²) in [6, 6.07) is 3.25. The Labute approximate surface area is 74.4 Å². The van der Waals surface area contributed by atoms with E-state index in [0.717, 1.165) is 5.56 Å². The Morgan fingerprint density at radius 3 is 2.92 bits per heavy atom. The monoisotopic (exact) mass is 177 g/mol. The van der Waals surface area contributed by atoms with Crippen molar-refractivity contribution in [2.45, 2.75) is 6.92 Å². The number of nitrogens with two attached hydrogens (primary N) is 1. The van der Waals surface area contributed by atoms with Crippen molar-refractivity contribution >= 4 is 16.6 Å². The van der Waals surface area contributed by atoms with E-state index < -0.39 is 0 Å². The van der Waals surface area contributed by atoms with Gasteiger partial charge in [0.15, 0.2) is 5.82 Å². The fourth-order valence-electron chi connectivity index (χ4n) is 1.34. The second kappa shape index (κ2) is 2.65. The molecule has 13 heavy (non-hydrogen) atoms. The van der Waals surface area contributed by atoms with E-state index in [9.17, 15) is 4.39 Å². The van der Waals surface area contributed by atoms with Gasteiger partial charge in [-0.2, -0.15) is 5.10 Å². The van der Waals surface area contributed by atoms with E-state index in [0.29, 0.717) is 10.8 Å². The number of rotatable bonds is 0. The van der Waals surface area contributed by atoms with Crippen molar-refractivity contribution in [3.63, 3.8) is 0 Å². The molecule has 1 heterocycles. The van der Waals surface area contributed by atoms with E-state index in [1.807, 2.05) is 13.0 Å². The minimum Gasteiger partial charge on any atom is -0.382 e. The highest BCUT2D eigenvalue weighted by Crippen LogP contribution is 2.22. The molecule has 0 bridgehead atoms. The summed E-state index contributed by atoms with van der Waals surface area (Å²) in [4.78, 5) is 0. The van der Waals surface area contributed by atoms with Crippen LogP contribution in [0.1, 0.15) is 5.56 Å². The number of nitrogen functional groups attached to an aromatic ring is 1. The molecule has 0 aliphatic rings. The number of halogens is 1. The normalized spacial score (nSPS) is 10.6. The second-order valence-electron chi connectivity index (χ2n) is 2.94. The summed E-state index contributed by atoms with van der Waals surface area (Å²) in [6.45, 7) is 1.82. The molecule has 66 valence electrons. The summed E-state index contributed by atoms with van der Waals surface area (Å²) in [6.07, 6.45) is 1.50. The zero-order valence-corrected chi connectivity index (χ0v) is 7.08. The van der Waals surface area contributed by atoms with Crippen LogP contribution in [0.5, 0.6) is 0 Å². The number of benzene rings is 1. The van der Waals surface area contributed by atoms with Gasteiger partial charge in [0.25, 0.3) is 0 Å². The average Bonchev–Trinajstić information content (AvgIpc) is 2.02. The molecule has 0 aliphatic carbocycles. The molecule has 2 rings (SSSR count). The van der Waals surface area contributed by atoms with Gasteiger partial charge in [0.2, 0.25) is 0 Å². The molecule has 4 heteroatoms. The van der Waals surface area contributed by atoms with Crippen LogP contribution in [0.4, 0.5) is 10.2 Å². The Morgan fingerprint density at radius 2 is 2.15 bits per heavy atom.